The van der Waals surface area contributed by atoms with Crippen molar-refractivity contribution in [3.63, 3.8) is 0 Å². The molecule has 11 heteroatoms. The largest absolute Gasteiger partial charge is 0.454 e. The van der Waals surface area contributed by atoms with E-state index in [1.807, 2.05) is 48.6 Å². The molecule has 11 nitrogen and oxygen atoms in total. The summed E-state index contributed by atoms with van der Waals surface area (Å²) in [6, 6.07) is -1.05. The number of amides is 1. The van der Waals surface area contributed by atoms with E-state index in [-0.39, 0.29) is 19.4 Å². The lowest BCUT2D eigenvalue weighted by molar-refractivity contribution is -0.305. The maximum Gasteiger partial charge on any atom is 0.306 e. The summed E-state index contributed by atoms with van der Waals surface area (Å²) in [7, 11) is 0. The van der Waals surface area contributed by atoms with Crippen molar-refractivity contribution >= 4 is 11.9 Å². The van der Waals surface area contributed by atoms with E-state index in [9.17, 15) is 35.1 Å². The van der Waals surface area contributed by atoms with E-state index in [0.717, 1.165) is 89.9 Å². The van der Waals surface area contributed by atoms with Crippen molar-refractivity contribution in [1.82, 2.24) is 5.32 Å². The van der Waals surface area contributed by atoms with Crippen LogP contribution < -0.4 is 5.32 Å². The number of ether oxygens (including phenoxy) is 3. The lowest BCUT2D eigenvalue weighted by Gasteiger charge is -2.41. The first-order chi connectivity index (χ1) is 34.7. The van der Waals surface area contributed by atoms with Gasteiger partial charge in [-0.25, -0.2) is 0 Å². The molecule has 0 bridgehead atoms. The van der Waals surface area contributed by atoms with Gasteiger partial charge in [0, 0.05) is 6.42 Å². The molecule has 406 valence electrons. The number of carbonyl (C=O) groups is 2. The summed E-state index contributed by atoms with van der Waals surface area (Å²) in [5, 5.41) is 56.7. The van der Waals surface area contributed by atoms with Gasteiger partial charge < -0.3 is 45.1 Å². The zero-order chi connectivity index (χ0) is 51.8. The fraction of sp³-hybridized carbons (Fsp3) is 0.700. The Morgan fingerprint density at radius 2 is 1.07 bits per heavy atom. The number of rotatable bonds is 45. The molecule has 0 aromatic heterocycles. The van der Waals surface area contributed by atoms with Gasteiger partial charge in [0.1, 0.15) is 24.4 Å². The van der Waals surface area contributed by atoms with Gasteiger partial charge >= 0.3 is 5.97 Å². The normalized spacial score (nSPS) is 20.4. The second-order valence-corrected chi connectivity index (χ2v) is 19.0. The van der Waals surface area contributed by atoms with Crippen molar-refractivity contribution in [3.8, 4) is 0 Å². The molecule has 1 aliphatic rings. The first kappa shape index (κ1) is 65.6. The maximum atomic E-state index is 13.3. The van der Waals surface area contributed by atoms with Crippen LogP contribution in [0.2, 0.25) is 0 Å². The average Bonchev–Trinajstić information content (AvgIpc) is 3.37. The molecule has 1 rings (SSSR count). The molecule has 0 spiro atoms. The highest BCUT2D eigenvalue weighted by atomic mass is 16.7. The number of esters is 1. The summed E-state index contributed by atoms with van der Waals surface area (Å²) in [6.07, 6.45) is 51.7. The van der Waals surface area contributed by atoms with Crippen molar-refractivity contribution in [2.24, 2.45) is 0 Å². The molecular weight excluding hydrogens is 895 g/mol. The monoisotopic (exact) mass is 996 g/mol. The van der Waals surface area contributed by atoms with E-state index in [4.69, 9.17) is 14.2 Å². The van der Waals surface area contributed by atoms with Crippen molar-refractivity contribution in [2.45, 2.75) is 256 Å². The molecule has 8 atom stereocenters. The molecule has 0 aromatic rings. The van der Waals surface area contributed by atoms with Crippen LogP contribution in [0.1, 0.15) is 207 Å². The highest BCUT2D eigenvalue weighted by Gasteiger charge is 2.47. The first-order valence-corrected chi connectivity index (χ1v) is 28.1. The minimum absolute atomic E-state index is 0.0878. The standard InChI is InChI=1S/C60H101NO10/c1-4-7-10-13-16-19-22-25-26-27-28-30-33-36-39-42-45-48-55(65)71-58-57(67)56(66)54(49-62)70-60(58)69-50-51(52(63)46-43-40-37-34-32-29-23-20-17-14-11-8-5-2)61-59(68)53(64)47-44-41-38-35-31-24-21-18-15-12-9-6-3/h9,12,15-16,18-19,21,24-26,28,30-31,35,43,46,51-54,56-58,60,62-64,66-67H,4-8,10-11,13-14,17,20,22-23,27,29,32-34,36-42,44-45,47-50H2,1-3H3,(H,61,68)/b12-9+,18-15+,19-16-,24-21-,26-25-,30-28-,35-31-,46-43+. The zero-order valence-corrected chi connectivity index (χ0v) is 44.6. The van der Waals surface area contributed by atoms with E-state index in [2.05, 4.69) is 68.6 Å². The van der Waals surface area contributed by atoms with Crippen LogP contribution in [0, 0.1) is 0 Å². The Bertz CT molecular complexity index is 1520. The Hall–Kier alpha value is -3.42. The molecule has 1 aliphatic heterocycles. The molecule has 71 heavy (non-hydrogen) atoms. The number of unbranched alkanes of at least 4 members (excludes halogenated alkanes) is 20. The second kappa shape index (κ2) is 47.6. The fourth-order valence-electron chi connectivity index (χ4n) is 8.08. The minimum atomic E-state index is -1.63. The van der Waals surface area contributed by atoms with Gasteiger partial charge in [0.25, 0.3) is 0 Å². The minimum Gasteiger partial charge on any atom is -0.454 e. The SMILES string of the molecule is CC/C=C/C=C/C=C\C=C/CCCCC(O)C(=O)NC(COC1OC(CO)C(O)C(O)C1OC(=O)CCCCCC/C=C\C/C=C\C/C=C\CCCCC)C(O)/C=C/CCCCCCCCCCCCC. The number of allylic oxidation sites excluding steroid dienone is 15. The molecular formula is C60H101NO10. The van der Waals surface area contributed by atoms with Gasteiger partial charge in [-0.2, -0.15) is 0 Å². The molecule has 1 heterocycles. The Morgan fingerprint density at radius 3 is 1.68 bits per heavy atom. The molecule has 1 fully saturated rings. The summed E-state index contributed by atoms with van der Waals surface area (Å²) < 4.78 is 17.5. The molecule has 0 radical (unpaired) electrons. The third kappa shape index (κ3) is 36.2. The van der Waals surface area contributed by atoms with Gasteiger partial charge in [0.2, 0.25) is 5.91 Å². The number of hydrogen-bond donors (Lipinski definition) is 6. The van der Waals surface area contributed by atoms with Crippen molar-refractivity contribution in [3.05, 3.63) is 97.2 Å². The van der Waals surface area contributed by atoms with Gasteiger partial charge in [-0.1, -0.05) is 214 Å². The number of hydrogen-bond acceptors (Lipinski definition) is 10. The fourth-order valence-corrected chi connectivity index (χ4v) is 8.08. The summed E-state index contributed by atoms with van der Waals surface area (Å²) >= 11 is 0. The van der Waals surface area contributed by atoms with Crippen molar-refractivity contribution in [2.75, 3.05) is 13.2 Å². The van der Waals surface area contributed by atoms with E-state index in [1.165, 1.54) is 70.6 Å². The van der Waals surface area contributed by atoms with Crippen LogP contribution >= 0.6 is 0 Å². The van der Waals surface area contributed by atoms with Gasteiger partial charge in [0.05, 0.1) is 25.4 Å². The average molecular weight is 996 g/mol. The predicted molar refractivity (Wildman–Crippen MR) is 292 cm³/mol. The Balaban J connectivity index is 2.79. The van der Waals surface area contributed by atoms with Gasteiger partial charge in [0.15, 0.2) is 12.4 Å². The van der Waals surface area contributed by atoms with Crippen LogP contribution in [0.15, 0.2) is 97.2 Å². The van der Waals surface area contributed by atoms with Crippen molar-refractivity contribution < 1.29 is 49.3 Å². The van der Waals surface area contributed by atoms with Crippen LogP contribution in [0.3, 0.4) is 0 Å². The molecule has 8 unspecified atom stereocenters. The summed E-state index contributed by atoms with van der Waals surface area (Å²) in [4.78, 5) is 26.4. The summed E-state index contributed by atoms with van der Waals surface area (Å²) in [5.74, 6) is -1.27. The van der Waals surface area contributed by atoms with E-state index in [1.54, 1.807) is 6.08 Å². The van der Waals surface area contributed by atoms with Gasteiger partial charge in [-0.15, -0.1) is 0 Å². The van der Waals surface area contributed by atoms with Gasteiger partial charge in [-0.3, -0.25) is 9.59 Å². The number of aliphatic hydroxyl groups excluding tert-OH is 5. The first-order valence-electron chi connectivity index (χ1n) is 28.1. The lowest BCUT2D eigenvalue weighted by atomic mass is 9.99. The predicted octanol–water partition coefficient (Wildman–Crippen LogP) is 12.4. The molecule has 6 N–H and O–H groups in total. The number of carbonyl (C=O) groups excluding carboxylic acids is 2. The van der Waals surface area contributed by atoms with Crippen LogP contribution in [-0.2, 0) is 23.8 Å². The Morgan fingerprint density at radius 1 is 0.577 bits per heavy atom. The summed E-state index contributed by atoms with van der Waals surface area (Å²) in [5.41, 5.74) is 0. The highest BCUT2D eigenvalue weighted by molar-refractivity contribution is 5.80. The Labute approximate surface area is 431 Å². The highest BCUT2D eigenvalue weighted by Crippen LogP contribution is 2.26. The third-order valence-corrected chi connectivity index (χ3v) is 12.6. The Kier molecular flexibility index (Phi) is 44.0. The molecule has 0 aliphatic carbocycles. The molecule has 0 aromatic carbocycles. The quantitative estimate of drug-likeness (QED) is 0.0149. The topological polar surface area (TPSA) is 175 Å². The van der Waals surface area contributed by atoms with Crippen LogP contribution in [0.25, 0.3) is 0 Å². The maximum absolute atomic E-state index is 13.3. The van der Waals surface area contributed by atoms with E-state index < -0.39 is 67.4 Å². The van der Waals surface area contributed by atoms with Crippen LogP contribution in [0.5, 0.6) is 0 Å². The smallest absolute Gasteiger partial charge is 0.306 e. The van der Waals surface area contributed by atoms with E-state index >= 15 is 0 Å². The zero-order valence-electron chi connectivity index (χ0n) is 44.6. The summed E-state index contributed by atoms with van der Waals surface area (Å²) in [6.45, 7) is 5.55. The number of nitrogens with one attached hydrogen (secondary N) is 1. The van der Waals surface area contributed by atoms with Crippen molar-refractivity contribution in [1.29, 1.82) is 0 Å². The van der Waals surface area contributed by atoms with E-state index in [0.29, 0.717) is 12.8 Å². The lowest BCUT2D eigenvalue weighted by Crippen LogP contribution is -2.61. The van der Waals surface area contributed by atoms with Gasteiger partial charge in [-0.05, 0) is 83.5 Å². The van der Waals surface area contributed by atoms with Crippen LogP contribution in [0.4, 0.5) is 0 Å². The molecule has 1 amide bonds. The third-order valence-electron chi connectivity index (χ3n) is 12.6. The second-order valence-electron chi connectivity index (χ2n) is 19.0. The molecule has 1 saturated heterocycles. The number of aliphatic hydroxyl groups is 5. The van der Waals surface area contributed by atoms with Crippen LogP contribution in [-0.4, -0.2) is 99.6 Å². The molecule has 0 saturated carbocycles.